The van der Waals surface area contributed by atoms with E-state index >= 15 is 0 Å². The van der Waals surface area contributed by atoms with E-state index in [1.54, 1.807) is 0 Å². The van der Waals surface area contributed by atoms with Gasteiger partial charge in [-0.3, -0.25) is 4.79 Å². The van der Waals surface area contributed by atoms with Crippen molar-refractivity contribution in [2.75, 3.05) is 6.54 Å². The van der Waals surface area contributed by atoms with Crippen molar-refractivity contribution in [2.45, 2.75) is 38.8 Å². The number of nitrogens with one attached hydrogen (secondary N) is 2. The van der Waals surface area contributed by atoms with E-state index in [1.807, 2.05) is 6.92 Å². The van der Waals surface area contributed by atoms with E-state index in [9.17, 15) is 13.6 Å². The summed E-state index contributed by atoms with van der Waals surface area (Å²) in [5.74, 6) is -1.35. The molecule has 5 heteroatoms. The highest BCUT2D eigenvalue weighted by atomic mass is 19.1. The summed E-state index contributed by atoms with van der Waals surface area (Å²) >= 11 is 0. The minimum absolute atomic E-state index is 0.00825. The van der Waals surface area contributed by atoms with E-state index in [0.29, 0.717) is 5.92 Å². The molecule has 110 valence electrons. The van der Waals surface area contributed by atoms with Crippen LogP contribution >= 0.6 is 0 Å². The molecule has 0 aromatic heterocycles. The fourth-order valence-corrected chi connectivity index (χ4v) is 2.70. The van der Waals surface area contributed by atoms with Crippen molar-refractivity contribution >= 4 is 5.91 Å². The molecule has 1 amide bonds. The van der Waals surface area contributed by atoms with Gasteiger partial charge in [0.1, 0.15) is 11.6 Å². The van der Waals surface area contributed by atoms with Gasteiger partial charge >= 0.3 is 0 Å². The summed E-state index contributed by atoms with van der Waals surface area (Å²) in [6, 6.07) is 3.78. The molecule has 0 aliphatic carbocycles. The van der Waals surface area contributed by atoms with Crippen molar-refractivity contribution in [3.8, 4) is 0 Å². The summed E-state index contributed by atoms with van der Waals surface area (Å²) in [6.07, 6.45) is 0.706. The first kappa shape index (κ1) is 14.9. The van der Waals surface area contributed by atoms with Crippen LogP contribution in [0.25, 0.3) is 0 Å². The lowest BCUT2D eigenvalue weighted by molar-refractivity contribution is -0.122. The third-order valence-corrected chi connectivity index (χ3v) is 3.94. The molecule has 3 unspecified atom stereocenters. The zero-order valence-corrected chi connectivity index (χ0v) is 11.7. The third-order valence-electron chi connectivity index (χ3n) is 3.94. The summed E-state index contributed by atoms with van der Waals surface area (Å²) < 4.78 is 27.0. The SMILES string of the molecule is CC1CCNC(C)C1NC(=O)Cc1c(F)cccc1F. The first-order valence-electron chi connectivity index (χ1n) is 6.94. The van der Waals surface area contributed by atoms with E-state index in [-0.39, 0.29) is 30.0 Å². The lowest BCUT2D eigenvalue weighted by Crippen LogP contribution is -2.56. The Bertz CT molecular complexity index is 463. The molecule has 1 heterocycles. The molecule has 0 spiro atoms. The van der Waals surface area contributed by atoms with Crippen molar-refractivity contribution in [1.82, 2.24) is 10.6 Å². The molecule has 2 N–H and O–H groups in total. The Morgan fingerprint density at radius 2 is 2.00 bits per heavy atom. The van der Waals surface area contributed by atoms with Crippen LogP contribution in [0, 0.1) is 17.6 Å². The molecule has 3 atom stereocenters. The predicted octanol–water partition coefficient (Wildman–Crippen LogP) is 2.01. The van der Waals surface area contributed by atoms with Gasteiger partial charge in [-0.2, -0.15) is 0 Å². The Labute approximate surface area is 117 Å². The normalized spacial score (nSPS) is 26.3. The molecule has 1 aromatic rings. The van der Waals surface area contributed by atoms with Crippen molar-refractivity contribution in [3.05, 3.63) is 35.4 Å². The fraction of sp³-hybridized carbons (Fsp3) is 0.533. The summed E-state index contributed by atoms with van der Waals surface area (Å²) in [4.78, 5) is 12.0. The van der Waals surface area contributed by atoms with Gasteiger partial charge in [0.05, 0.1) is 6.42 Å². The van der Waals surface area contributed by atoms with Crippen LogP contribution in [-0.2, 0) is 11.2 Å². The van der Waals surface area contributed by atoms with Gasteiger partial charge < -0.3 is 10.6 Å². The minimum atomic E-state index is -0.678. The number of piperidine rings is 1. The largest absolute Gasteiger partial charge is 0.351 e. The molecule has 1 saturated heterocycles. The van der Waals surface area contributed by atoms with Crippen LogP contribution in [0.2, 0.25) is 0 Å². The highest BCUT2D eigenvalue weighted by Crippen LogP contribution is 2.17. The van der Waals surface area contributed by atoms with Crippen LogP contribution in [0.15, 0.2) is 18.2 Å². The molecule has 0 saturated carbocycles. The van der Waals surface area contributed by atoms with Gasteiger partial charge in [0, 0.05) is 17.6 Å². The lowest BCUT2D eigenvalue weighted by atomic mass is 9.89. The number of carbonyl (C=O) groups is 1. The Balaban J connectivity index is 2.02. The molecular weight excluding hydrogens is 262 g/mol. The Morgan fingerprint density at radius 3 is 2.60 bits per heavy atom. The standard InChI is InChI=1S/C15H20F2N2O/c1-9-6-7-18-10(2)15(9)19-14(20)8-11-12(16)4-3-5-13(11)17/h3-5,9-10,15,18H,6-8H2,1-2H3,(H,19,20). The number of amides is 1. The van der Waals surface area contributed by atoms with Crippen LogP contribution in [0.4, 0.5) is 8.78 Å². The van der Waals surface area contributed by atoms with E-state index in [0.717, 1.165) is 13.0 Å². The summed E-state index contributed by atoms with van der Waals surface area (Å²) in [6.45, 7) is 5.01. The number of carbonyl (C=O) groups excluding carboxylic acids is 1. The van der Waals surface area contributed by atoms with E-state index in [4.69, 9.17) is 0 Å². The number of rotatable bonds is 3. The van der Waals surface area contributed by atoms with Gasteiger partial charge in [-0.25, -0.2) is 8.78 Å². The van der Waals surface area contributed by atoms with Gasteiger partial charge in [0.15, 0.2) is 0 Å². The van der Waals surface area contributed by atoms with Crippen LogP contribution in [0.5, 0.6) is 0 Å². The molecule has 1 aliphatic heterocycles. The zero-order chi connectivity index (χ0) is 14.7. The van der Waals surface area contributed by atoms with E-state index < -0.39 is 11.6 Å². The second kappa shape index (κ2) is 6.31. The van der Waals surface area contributed by atoms with E-state index in [1.165, 1.54) is 18.2 Å². The molecular formula is C15H20F2N2O. The Hall–Kier alpha value is -1.49. The fourth-order valence-electron chi connectivity index (χ4n) is 2.70. The second-order valence-corrected chi connectivity index (χ2v) is 5.48. The van der Waals surface area contributed by atoms with Crippen molar-refractivity contribution < 1.29 is 13.6 Å². The molecule has 2 rings (SSSR count). The predicted molar refractivity (Wildman–Crippen MR) is 73.2 cm³/mol. The minimum Gasteiger partial charge on any atom is -0.351 e. The number of benzene rings is 1. The summed E-state index contributed by atoms with van der Waals surface area (Å²) in [5.41, 5.74) is -0.172. The van der Waals surface area contributed by atoms with E-state index in [2.05, 4.69) is 17.6 Å². The molecule has 1 aromatic carbocycles. The highest BCUT2D eigenvalue weighted by Gasteiger charge is 2.28. The maximum Gasteiger partial charge on any atom is 0.224 e. The summed E-state index contributed by atoms with van der Waals surface area (Å²) in [7, 11) is 0. The van der Waals surface area contributed by atoms with Crippen molar-refractivity contribution in [3.63, 3.8) is 0 Å². The first-order valence-corrected chi connectivity index (χ1v) is 6.94. The molecule has 20 heavy (non-hydrogen) atoms. The van der Waals surface area contributed by atoms with Gasteiger partial charge in [-0.1, -0.05) is 13.0 Å². The Morgan fingerprint density at radius 1 is 1.35 bits per heavy atom. The first-order chi connectivity index (χ1) is 9.49. The van der Waals surface area contributed by atoms with Crippen LogP contribution in [-0.4, -0.2) is 24.5 Å². The number of halogens is 2. The van der Waals surface area contributed by atoms with Gasteiger partial charge in [0.25, 0.3) is 0 Å². The van der Waals surface area contributed by atoms with Gasteiger partial charge in [-0.15, -0.1) is 0 Å². The van der Waals surface area contributed by atoms with Crippen molar-refractivity contribution in [2.24, 2.45) is 5.92 Å². The average molecular weight is 282 g/mol. The van der Waals surface area contributed by atoms with Crippen LogP contribution in [0.3, 0.4) is 0 Å². The zero-order valence-electron chi connectivity index (χ0n) is 11.7. The summed E-state index contributed by atoms with van der Waals surface area (Å²) in [5, 5.41) is 6.18. The number of hydrogen-bond donors (Lipinski definition) is 2. The maximum atomic E-state index is 13.5. The second-order valence-electron chi connectivity index (χ2n) is 5.48. The molecule has 3 nitrogen and oxygen atoms in total. The third kappa shape index (κ3) is 3.33. The maximum absolute atomic E-state index is 13.5. The topological polar surface area (TPSA) is 41.1 Å². The molecule has 0 bridgehead atoms. The number of hydrogen-bond acceptors (Lipinski definition) is 2. The van der Waals surface area contributed by atoms with Gasteiger partial charge in [0.2, 0.25) is 5.91 Å². The smallest absolute Gasteiger partial charge is 0.224 e. The van der Waals surface area contributed by atoms with Gasteiger partial charge in [-0.05, 0) is 37.9 Å². The van der Waals surface area contributed by atoms with Crippen LogP contribution < -0.4 is 10.6 Å². The molecule has 0 radical (unpaired) electrons. The highest BCUT2D eigenvalue weighted by molar-refractivity contribution is 5.79. The molecule has 1 fully saturated rings. The van der Waals surface area contributed by atoms with Crippen molar-refractivity contribution in [1.29, 1.82) is 0 Å². The quantitative estimate of drug-likeness (QED) is 0.890. The lowest BCUT2D eigenvalue weighted by Gasteiger charge is -2.36. The van der Waals surface area contributed by atoms with Crippen LogP contribution in [0.1, 0.15) is 25.8 Å². The average Bonchev–Trinajstić information content (AvgIpc) is 2.39. The monoisotopic (exact) mass is 282 g/mol. The molecule has 1 aliphatic rings. The Kier molecular flexibility index (Phi) is 4.70.